The molecule has 1 aliphatic heterocycles. The molecule has 1 amide bonds. The van der Waals surface area contributed by atoms with Gasteiger partial charge in [-0.15, -0.1) is 13.2 Å². The molecule has 29 heavy (non-hydrogen) atoms. The number of ether oxygens (including phenoxy) is 1. The van der Waals surface area contributed by atoms with Crippen LogP contribution in [0.3, 0.4) is 0 Å². The van der Waals surface area contributed by atoms with E-state index in [4.69, 9.17) is 0 Å². The molecule has 0 unspecified atom stereocenters. The van der Waals surface area contributed by atoms with Gasteiger partial charge in [-0.3, -0.25) is 4.79 Å². The Hall–Kier alpha value is -3.17. The highest BCUT2D eigenvalue weighted by Gasteiger charge is 2.32. The minimum atomic E-state index is -4.84. The van der Waals surface area contributed by atoms with Crippen molar-refractivity contribution in [2.24, 2.45) is 0 Å². The fourth-order valence-electron chi connectivity index (χ4n) is 3.66. The van der Waals surface area contributed by atoms with Crippen LogP contribution in [0.15, 0.2) is 36.8 Å². The summed E-state index contributed by atoms with van der Waals surface area (Å²) in [7, 11) is 0. The van der Waals surface area contributed by atoms with Crippen molar-refractivity contribution in [2.45, 2.75) is 25.1 Å². The Labute approximate surface area is 162 Å². The largest absolute Gasteiger partial charge is 0.574 e. The number of pyridine rings is 2. The van der Waals surface area contributed by atoms with Crippen molar-refractivity contribution in [1.29, 1.82) is 0 Å². The maximum atomic E-state index is 14.4. The Bertz CT molecular complexity index is 1020. The Morgan fingerprint density at radius 2 is 1.90 bits per heavy atom. The van der Waals surface area contributed by atoms with Gasteiger partial charge < -0.3 is 14.6 Å². The lowest BCUT2D eigenvalue weighted by molar-refractivity contribution is -0.276. The highest BCUT2D eigenvalue weighted by atomic mass is 19.4. The molecule has 1 N–H and O–H groups in total. The highest BCUT2D eigenvalue weighted by molar-refractivity contribution is 5.94. The normalized spacial score (nSPS) is 15.7. The molecular formula is C19H16F4N4O2. The molecule has 1 aliphatic rings. The molecule has 0 bridgehead atoms. The van der Waals surface area contributed by atoms with Crippen LogP contribution in [0, 0.1) is 5.82 Å². The summed E-state index contributed by atoms with van der Waals surface area (Å²) in [6.45, 7) is 0.802. The van der Waals surface area contributed by atoms with Gasteiger partial charge >= 0.3 is 6.36 Å². The van der Waals surface area contributed by atoms with Gasteiger partial charge in [0.15, 0.2) is 0 Å². The average Bonchev–Trinajstić information content (AvgIpc) is 3.16. The number of nitrogens with zero attached hydrogens (tertiary/aromatic N) is 3. The van der Waals surface area contributed by atoms with E-state index in [9.17, 15) is 22.4 Å². The van der Waals surface area contributed by atoms with Crippen LogP contribution in [-0.4, -0.2) is 45.2 Å². The first-order chi connectivity index (χ1) is 13.8. The van der Waals surface area contributed by atoms with Crippen LogP contribution in [0.4, 0.5) is 17.6 Å². The number of likely N-dealkylation sites (tertiary alicyclic amines) is 1. The van der Waals surface area contributed by atoms with Crippen molar-refractivity contribution in [3.05, 3.63) is 53.7 Å². The van der Waals surface area contributed by atoms with Gasteiger partial charge in [0.05, 0.1) is 11.8 Å². The first-order valence-electron chi connectivity index (χ1n) is 8.94. The molecule has 4 heterocycles. The number of H-pyrrole nitrogens is 1. The van der Waals surface area contributed by atoms with Crippen LogP contribution in [0.2, 0.25) is 0 Å². The lowest BCUT2D eigenvalue weighted by Gasteiger charge is -2.32. The average molecular weight is 408 g/mol. The van der Waals surface area contributed by atoms with Gasteiger partial charge in [0.2, 0.25) is 5.88 Å². The molecule has 1 fully saturated rings. The molecule has 4 rings (SSSR count). The van der Waals surface area contributed by atoms with Crippen molar-refractivity contribution >= 4 is 16.9 Å². The van der Waals surface area contributed by atoms with Crippen molar-refractivity contribution in [2.75, 3.05) is 13.1 Å². The zero-order chi connectivity index (χ0) is 20.6. The fraction of sp³-hybridized carbons (Fsp3) is 0.316. The second-order valence-corrected chi connectivity index (χ2v) is 6.76. The monoisotopic (exact) mass is 408 g/mol. The molecule has 0 spiro atoms. The molecule has 1 saturated heterocycles. The van der Waals surface area contributed by atoms with Gasteiger partial charge in [-0.1, -0.05) is 0 Å². The molecule has 0 aliphatic carbocycles. The van der Waals surface area contributed by atoms with Crippen molar-refractivity contribution in [3.63, 3.8) is 0 Å². The molecule has 10 heteroatoms. The number of amides is 1. The van der Waals surface area contributed by atoms with Crippen molar-refractivity contribution < 1.29 is 27.1 Å². The number of aromatic amines is 1. The summed E-state index contributed by atoms with van der Waals surface area (Å²) in [6, 6.07) is 4.03. The highest BCUT2D eigenvalue weighted by Crippen LogP contribution is 2.34. The molecule has 0 aromatic carbocycles. The van der Waals surface area contributed by atoms with Crippen molar-refractivity contribution in [3.8, 4) is 5.88 Å². The fourth-order valence-corrected chi connectivity index (χ4v) is 3.66. The predicted molar refractivity (Wildman–Crippen MR) is 94.9 cm³/mol. The van der Waals surface area contributed by atoms with Crippen molar-refractivity contribution in [1.82, 2.24) is 19.9 Å². The van der Waals surface area contributed by atoms with E-state index >= 15 is 0 Å². The minimum Gasteiger partial charge on any atom is -0.388 e. The number of aromatic nitrogens is 3. The Morgan fingerprint density at radius 3 is 2.55 bits per heavy atom. The summed E-state index contributed by atoms with van der Waals surface area (Å²) < 4.78 is 54.7. The summed E-state index contributed by atoms with van der Waals surface area (Å²) in [5.74, 6) is -1.39. The summed E-state index contributed by atoms with van der Waals surface area (Å²) >= 11 is 0. The van der Waals surface area contributed by atoms with Gasteiger partial charge in [-0.2, -0.15) is 0 Å². The number of hydrogen-bond acceptors (Lipinski definition) is 4. The number of rotatable bonds is 3. The van der Waals surface area contributed by atoms with E-state index in [1.807, 2.05) is 0 Å². The second kappa shape index (κ2) is 7.34. The van der Waals surface area contributed by atoms with Crippen LogP contribution in [0.1, 0.15) is 34.7 Å². The standard InChI is InChI=1S/C19H16F4N4O2/c20-14-10-26-17-13(3-6-24-17)16(14)11-4-7-27(8-5-11)18(28)12-1-2-15(25-9-12)29-19(21,22)23/h1-3,6,9-11H,4-5,7-8H2,(H,24,26). The van der Waals surface area contributed by atoms with E-state index in [-0.39, 0.29) is 23.2 Å². The predicted octanol–water partition coefficient (Wildman–Crippen LogP) is 4.02. The maximum absolute atomic E-state index is 14.4. The molecule has 152 valence electrons. The quantitative estimate of drug-likeness (QED) is 0.665. The lowest BCUT2D eigenvalue weighted by atomic mass is 9.87. The van der Waals surface area contributed by atoms with E-state index in [0.717, 1.165) is 17.6 Å². The lowest BCUT2D eigenvalue weighted by Crippen LogP contribution is -2.38. The van der Waals surface area contributed by atoms with E-state index in [1.54, 1.807) is 17.2 Å². The summed E-state index contributed by atoms with van der Waals surface area (Å²) in [4.78, 5) is 24.7. The summed E-state index contributed by atoms with van der Waals surface area (Å²) in [6.07, 6.45) is 0.251. The van der Waals surface area contributed by atoms with E-state index < -0.39 is 12.2 Å². The number of carbonyl (C=O) groups is 1. The van der Waals surface area contributed by atoms with Gasteiger partial charge in [0, 0.05) is 42.5 Å². The van der Waals surface area contributed by atoms with E-state index in [1.165, 1.54) is 12.3 Å². The molecule has 6 nitrogen and oxygen atoms in total. The van der Waals surface area contributed by atoms with Crippen LogP contribution < -0.4 is 4.74 Å². The van der Waals surface area contributed by atoms with Crippen LogP contribution in [0.5, 0.6) is 5.88 Å². The summed E-state index contributed by atoms with van der Waals surface area (Å²) in [5.41, 5.74) is 1.38. The van der Waals surface area contributed by atoms with Gasteiger partial charge in [-0.05, 0) is 30.9 Å². The van der Waals surface area contributed by atoms with Crippen LogP contribution >= 0.6 is 0 Å². The third-order valence-electron chi connectivity index (χ3n) is 4.97. The number of nitrogens with one attached hydrogen (secondary N) is 1. The minimum absolute atomic E-state index is 0.0546. The number of fused-ring (bicyclic) bond motifs is 1. The van der Waals surface area contributed by atoms with Gasteiger partial charge in [0.1, 0.15) is 11.5 Å². The summed E-state index contributed by atoms with van der Waals surface area (Å²) in [5, 5.41) is 0.735. The third-order valence-corrected chi connectivity index (χ3v) is 4.97. The molecule has 0 atom stereocenters. The SMILES string of the molecule is O=C(c1ccc(OC(F)(F)F)nc1)N1CCC(c2c(F)cnc3[nH]ccc23)CC1. The Morgan fingerprint density at radius 1 is 1.14 bits per heavy atom. The molecule has 0 radical (unpaired) electrons. The third kappa shape index (κ3) is 4.01. The number of alkyl halides is 3. The number of hydrogen-bond donors (Lipinski definition) is 1. The number of carbonyl (C=O) groups excluding carboxylic acids is 1. The molecule has 0 saturated carbocycles. The van der Waals surface area contributed by atoms with Gasteiger partial charge in [0.25, 0.3) is 5.91 Å². The smallest absolute Gasteiger partial charge is 0.388 e. The van der Waals surface area contributed by atoms with E-state index in [2.05, 4.69) is 19.7 Å². The molecular weight excluding hydrogens is 392 g/mol. The Balaban J connectivity index is 1.43. The molecule has 3 aromatic heterocycles. The van der Waals surface area contributed by atoms with Gasteiger partial charge in [-0.25, -0.2) is 14.4 Å². The van der Waals surface area contributed by atoms with Crippen LogP contribution in [0.25, 0.3) is 11.0 Å². The topological polar surface area (TPSA) is 71.1 Å². The maximum Gasteiger partial charge on any atom is 0.574 e. The Kier molecular flexibility index (Phi) is 4.85. The number of halogens is 4. The van der Waals surface area contributed by atoms with E-state index in [0.29, 0.717) is 37.1 Å². The molecule has 3 aromatic rings. The van der Waals surface area contributed by atoms with Crippen LogP contribution in [-0.2, 0) is 0 Å². The second-order valence-electron chi connectivity index (χ2n) is 6.76. The first kappa shape index (κ1) is 19.2. The number of piperidine rings is 1. The zero-order valence-electron chi connectivity index (χ0n) is 15.0. The zero-order valence-corrected chi connectivity index (χ0v) is 15.0. The first-order valence-corrected chi connectivity index (χ1v) is 8.94.